The molecule has 236 valence electrons. The van der Waals surface area contributed by atoms with Crippen molar-refractivity contribution in [2.75, 3.05) is 17.4 Å². The van der Waals surface area contributed by atoms with E-state index in [4.69, 9.17) is 34.8 Å². The van der Waals surface area contributed by atoms with Gasteiger partial charge in [-0.1, -0.05) is 88.9 Å². The number of halogens is 3. The highest BCUT2D eigenvalue weighted by Crippen LogP contribution is 2.31. The molecule has 0 fully saturated rings. The smallest absolute Gasteiger partial charge is 0.264 e. The second kappa shape index (κ2) is 15.1. The second-order valence-electron chi connectivity index (χ2n) is 10.6. The molecule has 2 amide bonds. The quantitative estimate of drug-likeness (QED) is 0.170. The largest absolute Gasteiger partial charge is 0.355 e. The third-order valence-electron chi connectivity index (χ3n) is 7.33. The van der Waals surface area contributed by atoms with Gasteiger partial charge in [-0.05, 0) is 74.4 Å². The topological polar surface area (TPSA) is 86.8 Å². The van der Waals surface area contributed by atoms with Crippen LogP contribution in [0.5, 0.6) is 0 Å². The molecule has 11 heteroatoms. The van der Waals surface area contributed by atoms with Crippen molar-refractivity contribution in [3.63, 3.8) is 0 Å². The monoisotopic (exact) mass is 685 g/mol. The molecule has 4 aromatic rings. The number of sulfonamides is 1. The van der Waals surface area contributed by atoms with Crippen molar-refractivity contribution in [1.82, 2.24) is 10.2 Å². The zero-order chi connectivity index (χ0) is 32.7. The van der Waals surface area contributed by atoms with Crippen LogP contribution in [0.15, 0.2) is 95.9 Å². The molecule has 0 aliphatic carbocycles. The average Bonchev–Trinajstić information content (AvgIpc) is 3.00. The number of nitrogens with zero attached hydrogens (tertiary/aromatic N) is 2. The van der Waals surface area contributed by atoms with E-state index < -0.39 is 34.4 Å². The fourth-order valence-corrected chi connectivity index (χ4v) is 7.17. The molecule has 45 heavy (non-hydrogen) atoms. The summed E-state index contributed by atoms with van der Waals surface area (Å²) in [4.78, 5) is 29.5. The zero-order valence-corrected chi connectivity index (χ0v) is 28.2. The van der Waals surface area contributed by atoms with Gasteiger partial charge in [0.2, 0.25) is 11.8 Å². The van der Waals surface area contributed by atoms with Gasteiger partial charge < -0.3 is 10.2 Å². The van der Waals surface area contributed by atoms with E-state index in [0.29, 0.717) is 32.7 Å². The number of carbonyl (C=O) groups is 2. The molecular weight excluding hydrogens is 653 g/mol. The van der Waals surface area contributed by atoms with Gasteiger partial charge in [0.05, 0.1) is 10.6 Å². The molecule has 4 rings (SSSR count). The average molecular weight is 687 g/mol. The lowest BCUT2D eigenvalue weighted by molar-refractivity contribution is -0.140. The molecule has 0 radical (unpaired) electrons. The fraction of sp³-hybridized carbons (Fsp3) is 0.235. The van der Waals surface area contributed by atoms with E-state index in [2.05, 4.69) is 5.32 Å². The van der Waals surface area contributed by atoms with Crippen molar-refractivity contribution < 1.29 is 18.0 Å². The summed E-state index contributed by atoms with van der Waals surface area (Å²) < 4.78 is 29.5. The second-order valence-corrected chi connectivity index (χ2v) is 13.7. The Labute approximate surface area is 279 Å². The first-order chi connectivity index (χ1) is 21.4. The summed E-state index contributed by atoms with van der Waals surface area (Å²) in [6.07, 6.45) is 0.172. The molecule has 0 heterocycles. The molecule has 0 aliphatic rings. The Balaban J connectivity index is 1.85. The van der Waals surface area contributed by atoms with Gasteiger partial charge in [-0.15, -0.1) is 0 Å². The predicted octanol–water partition coefficient (Wildman–Crippen LogP) is 7.24. The number of anilines is 1. The summed E-state index contributed by atoms with van der Waals surface area (Å²) in [7, 11) is -4.25. The van der Waals surface area contributed by atoms with E-state index >= 15 is 0 Å². The molecule has 0 saturated carbocycles. The number of nitrogens with one attached hydrogen (secondary N) is 1. The van der Waals surface area contributed by atoms with Crippen molar-refractivity contribution in [2.45, 2.75) is 44.7 Å². The molecule has 1 N–H and O–H groups in total. The van der Waals surface area contributed by atoms with E-state index in [1.165, 1.54) is 17.0 Å². The highest BCUT2D eigenvalue weighted by molar-refractivity contribution is 7.92. The van der Waals surface area contributed by atoms with Gasteiger partial charge in [-0.25, -0.2) is 8.42 Å². The van der Waals surface area contributed by atoms with Crippen molar-refractivity contribution >= 4 is 62.3 Å². The Kier molecular flexibility index (Phi) is 11.6. The SMILES string of the molecule is CCNC(=O)[C@@H](Cc1ccccc1)N(Cc1c(Cl)cccc1Cl)C(=O)CN(c1ccc(Cl)cc1C)S(=O)(=O)c1ccc(C)cc1. The number of aryl methyl sites for hydroxylation is 2. The van der Waals surface area contributed by atoms with Crippen molar-refractivity contribution in [3.05, 3.63) is 128 Å². The first kappa shape index (κ1) is 34.3. The highest BCUT2D eigenvalue weighted by Gasteiger charge is 2.35. The molecule has 4 aromatic carbocycles. The van der Waals surface area contributed by atoms with Crippen LogP contribution < -0.4 is 9.62 Å². The van der Waals surface area contributed by atoms with E-state index in [1.807, 2.05) is 37.3 Å². The van der Waals surface area contributed by atoms with E-state index in [1.54, 1.807) is 62.4 Å². The van der Waals surface area contributed by atoms with Crippen LogP contribution in [0.2, 0.25) is 15.1 Å². The third-order valence-corrected chi connectivity index (χ3v) is 10.0. The molecule has 0 saturated heterocycles. The van der Waals surface area contributed by atoms with Gasteiger partial charge in [0.25, 0.3) is 10.0 Å². The van der Waals surface area contributed by atoms with Crippen molar-refractivity contribution in [1.29, 1.82) is 0 Å². The maximum absolute atomic E-state index is 14.5. The minimum absolute atomic E-state index is 0.0144. The highest BCUT2D eigenvalue weighted by atomic mass is 35.5. The van der Waals surface area contributed by atoms with Crippen LogP contribution >= 0.6 is 34.8 Å². The molecule has 0 aliphatic heterocycles. The van der Waals surface area contributed by atoms with E-state index in [-0.39, 0.29) is 23.5 Å². The molecule has 7 nitrogen and oxygen atoms in total. The molecule has 0 aromatic heterocycles. The first-order valence-corrected chi connectivity index (χ1v) is 16.9. The summed E-state index contributed by atoms with van der Waals surface area (Å²) in [5.74, 6) is -1.02. The van der Waals surface area contributed by atoms with Crippen molar-refractivity contribution in [3.8, 4) is 0 Å². The summed E-state index contributed by atoms with van der Waals surface area (Å²) in [5.41, 5.74) is 2.97. The van der Waals surface area contributed by atoms with Crippen LogP contribution in [0, 0.1) is 13.8 Å². The lowest BCUT2D eigenvalue weighted by Gasteiger charge is -2.34. The lowest BCUT2D eigenvalue weighted by atomic mass is 10.0. The summed E-state index contributed by atoms with van der Waals surface area (Å²) in [6.45, 7) is 4.95. The van der Waals surface area contributed by atoms with Gasteiger partial charge in [-0.3, -0.25) is 13.9 Å². The number of rotatable bonds is 12. The minimum atomic E-state index is -4.25. The van der Waals surface area contributed by atoms with Crippen LogP contribution in [0.25, 0.3) is 0 Å². The number of hydrogen-bond acceptors (Lipinski definition) is 4. The standard InChI is InChI=1S/C34H34Cl3N3O4S/c1-4-38-34(42)32(20-25-9-6-5-7-10-25)39(21-28-29(36)11-8-12-30(28)37)33(41)22-40(31-18-15-26(35)19-24(31)3)45(43,44)27-16-13-23(2)14-17-27/h5-19,32H,4,20-22H2,1-3H3,(H,38,42)/t32-/m1/s1. The Bertz CT molecular complexity index is 1750. The van der Waals surface area contributed by atoms with Crippen LogP contribution in [0.4, 0.5) is 5.69 Å². The van der Waals surface area contributed by atoms with Crippen LogP contribution in [-0.2, 0) is 32.6 Å². The van der Waals surface area contributed by atoms with Gasteiger partial charge in [0.1, 0.15) is 12.6 Å². The summed E-state index contributed by atoms with van der Waals surface area (Å²) >= 11 is 19.3. The molecular formula is C34H34Cl3N3O4S. The van der Waals surface area contributed by atoms with E-state index in [9.17, 15) is 18.0 Å². The number of hydrogen-bond donors (Lipinski definition) is 1. The first-order valence-electron chi connectivity index (χ1n) is 14.3. The lowest BCUT2D eigenvalue weighted by Crippen LogP contribution is -2.53. The molecule has 1 atom stereocenters. The van der Waals surface area contributed by atoms with E-state index in [0.717, 1.165) is 15.4 Å². The van der Waals surface area contributed by atoms with Gasteiger partial charge >= 0.3 is 0 Å². The zero-order valence-electron chi connectivity index (χ0n) is 25.1. The number of likely N-dealkylation sites (N-methyl/N-ethyl adjacent to an activating group) is 1. The summed E-state index contributed by atoms with van der Waals surface area (Å²) in [5, 5.41) is 3.88. The van der Waals surface area contributed by atoms with Crippen LogP contribution in [0.1, 0.15) is 29.2 Å². The maximum atomic E-state index is 14.5. The van der Waals surface area contributed by atoms with Crippen molar-refractivity contribution in [2.24, 2.45) is 0 Å². The molecule has 0 unspecified atom stereocenters. The number of benzene rings is 4. The van der Waals surface area contributed by atoms with Crippen LogP contribution in [0.3, 0.4) is 0 Å². The third kappa shape index (κ3) is 8.38. The number of amides is 2. The Morgan fingerprint density at radius 3 is 2.09 bits per heavy atom. The normalized spacial score (nSPS) is 12.0. The number of carbonyl (C=O) groups excluding carboxylic acids is 2. The fourth-order valence-electron chi connectivity index (χ4n) is 4.95. The van der Waals surface area contributed by atoms with Gasteiger partial charge in [-0.2, -0.15) is 0 Å². The summed E-state index contributed by atoms with van der Waals surface area (Å²) in [6, 6.07) is 24.4. The molecule has 0 spiro atoms. The Hall–Kier alpha value is -3.56. The van der Waals surface area contributed by atoms with Gasteiger partial charge in [0, 0.05) is 40.1 Å². The van der Waals surface area contributed by atoms with Gasteiger partial charge in [0.15, 0.2) is 0 Å². The minimum Gasteiger partial charge on any atom is -0.355 e. The molecule has 0 bridgehead atoms. The Morgan fingerprint density at radius 2 is 1.49 bits per heavy atom. The maximum Gasteiger partial charge on any atom is 0.264 e. The Morgan fingerprint density at radius 1 is 0.844 bits per heavy atom. The van der Waals surface area contributed by atoms with Crippen LogP contribution in [-0.4, -0.2) is 44.3 Å². The predicted molar refractivity (Wildman–Crippen MR) is 182 cm³/mol.